The maximum Gasteiger partial charge on any atom is 0.246 e. The van der Waals surface area contributed by atoms with Crippen LogP contribution >= 0.6 is 12.4 Å². The molecule has 2 atom stereocenters. The van der Waals surface area contributed by atoms with Crippen molar-refractivity contribution in [2.75, 3.05) is 24.3 Å². The van der Waals surface area contributed by atoms with Crippen LogP contribution in [0.25, 0.3) is 0 Å². The summed E-state index contributed by atoms with van der Waals surface area (Å²) in [5.74, 6) is 0.692. The van der Waals surface area contributed by atoms with Gasteiger partial charge in [0.2, 0.25) is 11.8 Å². The van der Waals surface area contributed by atoms with Gasteiger partial charge in [0.05, 0.1) is 19.0 Å². The van der Waals surface area contributed by atoms with E-state index in [-0.39, 0.29) is 42.6 Å². The van der Waals surface area contributed by atoms with Gasteiger partial charge in [0, 0.05) is 17.8 Å². The first kappa shape index (κ1) is 21.7. The Bertz CT molecular complexity index is 793. The molecule has 28 heavy (non-hydrogen) atoms. The highest BCUT2D eigenvalue weighted by Crippen LogP contribution is 2.31. The number of nitrogens with two attached hydrogens (primary N) is 1. The summed E-state index contributed by atoms with van der Waals surface area (Å²) < 4.78 is 6.58. The molecule has 2 amide bonds. The number of halogens is 1. The Balaban J connectivity index is 0.00000280. The molecule has 1 aliphatic rings. The molecule has 1 aromatic carbocycles. The second kappa shape index (κ2) is 10.1. The van der Waals surface area contributed by atoms with Crippen LogP contribution in [0.1, 0.15) is 19.3 Å². The van der Waals surface area contributed by atoms with Gasteiger partial charge < -0.3 is 21.1 Å². The maximum absolute atomic E-state index is 12.4. The maximum atomic E-state index is 12.4. The fraction of sp³-hybridized carbons (Fsp3) is 0.421. The molecule has 1 aliphatic carbocycles. The summed E-state index contributed by atoms with van der Waals surface area (Å²) in [6, 6.07) is 7.07. The molecule has 0 saturated heterocycles. The molecule has 0 spiro atoms. The zero-order valence-corrected chi connectivity index (χ0v) is 16.6. The Morgan fingerprint density at radius 2 is 1.96 bits per heavy atom. The third-order valence-electron chi connectivity index (χ3n) is 4.88. The second-order valence-electron chi connectivity index (χ2n) is 6.73. The van der Waals surface area contributed by atoms with E-state index in [1.54, 1.807) is 43.8 Å². The number of carbonyl (C=O) groups is 2. The van der Waals surface area contributed by atoms with Crippen molar-refractivity contribution in [2.45, 2.75) is 25.8 Å². The topological polar surface area (TPSA) is 111 Å². The van der Waals surface area contributed by atoms with Gasteiger partial charge in [0.15, 0.2) is 0 Å². The smallest absolute Gasteiger partial charge is 0.246 e. The molecule has 152 valence electrons. The minimum atomic E-state index is -0.208. The van der Waals surface area contributed by atoms with Crippen molar-refractivity contribution < 1.29 is 14.3 Å². The van der Waals surface area contributed by atoms with Crippen LogP contribution in [-0.2, 0) is 16.1 Å². The normalized spacial score (nSPS) is 18.2. The van der Waals surface area contributed by atoms with E-state index in [0.717, 1.165) is 25.0 Å². The highest BCUT2D eigenvalue weighted by molar-refractivity contribution is 5.93. The summed E-state index contributed by atoms with van der Waals surface area (Å²) in [7, 11) is 1.59. The number of aromatic nitrogens is 2. The van der Waals surface area contributed by atoms with Crippen molar-refractivity contribution in [3.8, 4) is 5.75 Å². The highest BCUT2D eigenvalue weighted by Gasteiger charge is 2.32. The number of hydrogen-bond donors (Lipinski definition) is 3. The largest absolute Gasteiger partial charge is 0.497 e. The summed E-state index contributed by atoms with van der Waals surface area (Å²) in [6.07, 6.45) is 6.10. The van der Waals surface area contributed by atoms with E-state index < -0.39 is 0 Å². The Kier molecular flexibility index (Phi) is 7.83. The zero-order valence-electron chi connectivity index (χ0n) is 15.8. The first-order valence-corrected chi connectivity index (χ1v) is 9.06. The molecule has 9 heteroatoms. The molecule has 1 aromatic heterocycles. The van der Waals surface area contributed by atoms with E-state index in [0.29, 0.717) is 17.9 Å². The number of benzene rings is 1. The van der Waals surface area contributed by atoms with Crippen LogP contribution < -0.4 is 21.1 Å². The monoisotopic (exact) mass is 407 g/mol. The zero-order chi connectivity index (χ0) is 19.2. The van der Waals surface area contributed by atoms with Crippen molar-refractivity contribution >= 4 is 35.6 Å². The second-order valence-corrected chi connectivity index (χ2v) is 6.73. The number of methoxy groups -OCH3 is 1. The van der Waals surface area contributed by atoms with Gasteiger partial charge in [0.25, 0.3) is 0 Å². The van der Waals surface area contributed by atoms with Gasteiger partial charge in [-0.25, -0.2) is 0 Å². The average Bonchev–Trinajstić information content (AvgIpc) is 3.31. The number of nitrogens with zero attached hydrogens (tertiary/aromatic N) is 2. The van der Waals surface area contributed by atoms with E-state index in [1.165, 1.54) is 4.68 Å². The van der Waals surface area contributed by atoms with Crippen LogP contribution in [0, 0.1) is 11.8 Å². The number of anilines is 2. The lowest BCUT2D eigenvalue weighted by molar-refractivity contribution is -0.120. The third-order valence-corrected chi connectivity index (χ3v) is 4.88. The van der Waals surface area contributed by atoms with E-state index >= 15 is 0 Å². The molecule has 3 rings (SSSR count). The van der Waals surface area contributed by atoms with Crippen molar-refractivity contribution in [2.24, 2.45) is 17.6 Å². The Morgan fingerprint density at radius 1 is 1.21 bits per heavy atom. The molecule has 8 nitrogen and oxygen atoms in total. The Labute approximate surface area is 170 Å². The van der Waals surface area contributed by atoms with Gasteiger partial charge in [-0.1, -0.05) is 6.42 Å². The van der Waals surface area contributed by atoms with Crippen LogP contribution in [0.3, 0.4) is 0 Å². The molecule has 0 aliphatic heterocycles. The van der Waals surface area contributed by atoms with Gasteiger partial charge in [-0.2, -0.15) is 5.10 Å². The minimum Gasteiger partial charge on any atom is -0.497 e. The predicted molar refractivity (Wildman–Crippen MR) is 110 cm³/mol. The molecule has 1 fully saturated rings. The summed E-state index contributed by atoms with van der Waals surface area (Å²) in [4.78, 5) is 24.6. The van der Waals surface area contributed by atoms with E-state index in [2.05, 4.69) is 15.7 Å². The summed E-state index contributed by atoms with van der Waals surface area (Å²) in [5, 5.41) is 9.81. The van der Waals surface area contributed by atoms with Gasteiger partial charge in [-0.3, -0.25) is 14.3 Å². The lowest BCUT2D eigenvalue weighted by Gasteiger charge is -2.16. The molecule has 4 N–H and O–H groups in total. The fourth-order valence-corrected chi connectivity index (χ4v) is 3.44. The van der Waals surface area contributed by atoms with Crippen molar-refractivity contribution in [3.63, 3.8) is 0 Å². The quantitative estimate of drug-likeness (QED) is 0.651. The van der Waals surface area contributed by atoms with Crippen LogP contribution in [0.2, 0.25) is 0 Å². The molecule has 2 aromatic rings. The van der Waals surface area contributed by atoms with Gasteiger partial charge >= 0.3 is 0 Å². The molecular weight excluding hydrogens is 382 g/mol. The summed E-state index contributed by atoms with van der Waals surface area (Å²) in [6.45, 7) is 0.583. The Hall–Kier alpha value is -2.58. The molecule has 0 bridgehead atoms. The highest BCUT2D eigenvalue weighted by atomic mass is 35.5. The van der Waals surface area contributed by atoms with Gasteiger partial charge in [0.1, 0.15) is 12.3 Å². The SMILES string of the molecule is COc1ccc(NC(=O)Cn2cc(NC(=O)[C@@H]3CCC[C@@H]3CN)cn2)cc1.Cl. The molecule has 1 heterocycles. The molecule has 1 saturated carbocycles. The van der Waals surface area contributed by atoms with Gasteiger partial charge in [-0.05, 0) is 49.6 Å². The Morgan fingerprint density at radius 3 is 2.64 bits per heavy atom. The number of rotatable bonds is 7. The predicted octanol–water partition coefficient (Wildman–Crippen LogP) is 2.27. The molecular formula is C19H26ClN5O3. The molecule has 0 radical (unpaired) electrons. The first-order chi connectivity index (χ1) is 13.1. The van der Waals surface area contributed by atoms with E-state index in [1.807, 2.05) is 0 Å². The van der Waals surface area contributed by atoms with Crippen LogP contribution in [0.5, 0.6) is 5.75 Å². The minimum absolute atomic E-state index is 0. The van der Waals surface area contributed by atoms with E-state index in [4.69, 9.17) is 10.5 Å². The summed E-state index contributed by atoms with van der Waals surface area (Å²) >= 11 is 0. The number of amides is 2. The lowest BCUT2D eigenvalue weighted by atomic mass is 9.95. The van der Waals surface area contributed by atoms with Crippen molar-refractivity contribution in [1.29, 1.82) is 0 Å². The first-order valence-electron chi connectivity index (χ1n) is 9.06. The van der Waals surface area contributed by atoms with Crippen LogP contribution in [0.4, 0.5) is 11.4 Å². The number of hydrogen-bond acceptors (Lipinski definition) is 5. The molecule has 0 unspecified atom stereocenters. The van der Waals surface area contributed by atoms with Gasteiger partial charge in [-0.15, -0.1) is 12.4 Å². The number of carbonyl (C=O) groups excluding carboxylic acids is 2. The van der Waals surface area contributed by atoms with Crippen molar-refractivity contribution in [1.82, 2.24) is 9.78 Å². The lowest BCUT2D eigenvalue weighted by Crippen LogP contribution is -2.29. The number of ether oxygens (including phenoxy) is 1. The third kappa shape index (κ3) is 5.46. The van der Waals surface area contributed by atoms with E-state index in [9.17, 15) is 9.59 Å². The standard InChI is InChI=1S/C19H25N5O3.ClH/c1-27-16-7-5-14(6-8-16)22-18(25)12-24-11-15(10-21-24)23-19(26)17-4-2-3-13(17)9-20;/h5-8,10-11,13,17H,2-4,9,12,20H2,1H3,(H,22,25)(H,23,26);1H/t13-,17-;/m1./s1. The van der Waals surface area contributed by atoms with Crippen LogP contribution in [0.15, 0.2) is 36.7 Å². The average molecular weight is 408 g/mol. The fourth-order valence-electron chi connectivity index (χ4n) is 3.44. The number of nitrogens with one attached hydrogen (secondary N) is 2. The summed E-state index contributed by atoms with van der Waals surface area (Å²) in [5.41, 5.74) is 7.01. The van der Waals surface area contributed by atoms with Crippen molar-refractivity contribution in [3.05, 3.63) is 36.7 Å². The van der Waals surface area contributed by atoms with Crippen LogP contribution in [-0.4, -0.2) is 35.2 Å².